The van der Waals surface area contributed by atoms with Crippen molar-refractivity contribution in [1.82, 2.24) is 10.2 Å². The molecule has 0 aromatic carbocycles. The molecule has 1 aliphatic carbocycles. The quantitative estimate of drug-likeness (QED) is 0.819. The van der Waals surface area contributed by atoms with E-state index in [1.54, 1.807) is 0 Å². The lowest BCUT2D eigenvalue weighted by atomic mass is 9.79. The predicted octanol–water partition coefficient (Wildman–Crippen LogP) is 3.52. The number of likely N-dealkylation sites (tertiary alicyclic amines) is 1. The minimum Gasteiger partial charge on any atom is -0.314 e. The van der Waals surface area contributed by atoms with Gasteiger partial charge in [-0.3, -0.25) is 0 Å². The largest absolute Gasteiger partial charge is 0.314 e. The maximum atomic E-state index is 3.73. The third-order valence-electron chi connectivity index (χ3n) is 5.43. The van der Waals surface area contributed by atoms with Crippen LogP contribution >= 0.6 is 0 Å². The van der Waals surface area contributed by atoms with Gasteiger partial charge in [-0.25, -0.2) is 0 Å². The van der Waals surface area contributed by atoms with Gasteiger partial charge in [0.2, 0.25) is 0 Å². The summed E-state index contributed by atoms with van der Waals surface area (Å²) in [5, 5.41) is 3.73. The summed E-state index contributed by atoms with van der Waals surface area (Å²) >= 11 is 0. The number of hydrogen-bond acceptors (Lipinski definition) is 2. The Morgan fingerprint density at radius 2 is 1.84 bits per heavy atom. The molecule has 0 bridgehead atoms. The average molecular weight is 266 g/mol. The first-order valence-corrected chi connectivity index (χ1v) is 8.66. The summed E-state index contributed by atoms with van der Waals surface area (Å²) in [6.07, 6.45) is 8.49. The minimum atomic E-state index is 0.764. The van der Waals surface area contributed by atoms with Crippen LogP contribution in [0.25, 0.3) is 0 Å². The Morgan fingerprint density at radius 1 is 1.05 bits per heavy atom. The second kappa shape index (κ2) is 7.64. The minimum absolute atomic E-state index is 0.764. The van der Waals surface area contributed by atoms with E-state index in [0.717, 1.165) is 23.8 Å². The van der Waals surface area contributed by atoms with Gasteiger partial charge < -0.3 is 10.2 Å². The Labute approximate surface area is 120 Å². The summed E-state index contributed by atoms with van der Waals surface area (Å²) in [7, 11) is 0. The fraction of sp³-hybridized carbons (Fsp3) is 1.00. The van der Waals surface area contributed by atoms with Gasteiger partial charge in [-0.2, -0.15) is 0 Å². The summed E-state index contributed by atoms with van der Waals surface area (Å²) < 4.78 is 0. The molecule has 0 radical (unpaired) electrons. The summed E-state index contributed by atoms with van der Waals surface area (Å²) in [6, 6.07) is 0.764. The van der Waals surface area contributed by atoms with E-state index < -0.39 is 0 Å². The molecule has 1 saturated heterocycles. The van der Waals surface area contributed by atoms with Gasteiger partial charge in [-0.15, -0.1) is 0 Å². The molecule has 1 aliphatic heterocycles. The van der Waals surface area contributed by atoms with Gasteiger partial charge in [0.1, 0.15) is 0 Å². The van der Waals surface area contributed by atoms with Crippen molar-refractivity contribution >= 4 is 0 Å². The zero-order chi connectivity index (χ0) is 13.7. The molecule has 1 N–H and O–H groups in total. The van der Waals surface area contributed by atoms with Crippen LogP contribution in [0.1, 0.15) is 59.3 Å². The summed E-state index contributed by atoms with van der Waals surface area (Å²) in [5.41, 5.74) is 0. The first-order valence-electron chi connectivity index (χ1n) is 8.66. The lowest BCUT2D eigenvalue weighted by Gasteiger charge is -2.41. The van der Waals surface area contributed by atoms with Crippen LogP contribution in [0.4, 0.5) is 0 Å². The molecule has 4 unspecified atom stereocenters. The Bertz CT molecular complexity index is 254. The molecule has 0 aromatic heterocycles. The lowest BCUT2D eigenvalue weighted by Crippen LogP contribution is -2.50. The standard InChI is InChI=1S/C17H34N2/c1-4-10-18-17-9-11-19(12-15(17)3)13-16-8-6-5-7-14(16)2/h14-18H,4-13H2,1-3H3. The van der Waals surface area contributed by atoms with Crippen LogP contribution in [0.2, 0.25) is 0 Å². The predicted molar refractivity (Wildman–Crippen MR) is 83.4 cm³/mol. The molecule has 0 aromatic rings. The summed E-state index contributed by atoms with van der Waals surface area (Å²) in [4.78, 5) is 2.75. The molecule has 0 amide bonds. The van der Waals surface area contributed by atoms with E-state index in [9.17, 15) is 0 Å². The van der Waals surface area contributed by atoms with E-state index in [2.05, 4.69) is 31.0 Å². The van der Waals surface area contributed by atoms with Crippen molar-refractivity contribution in [3.8, 4) is 0 Å². The highest BCUT2D eigenvalue weighted by atomic mass is 15.1. The highest BCUT2D eigenvalue weighted by molar-refractivity contribution is 4.85. The van der Waals surface area contributed by atoms with E-state index in [4.69, 9.17) is 0 Å². The fourth-order valence-corrected chi connectivity index (χ4v) is 4.03. The van der Waals surface area contributed by atoms with Crippen LogP contribution < -0.4 is 5.32 Å². The molecule has 2 aliphatic rings. The smallest absolute Gasteiger partial charge is 0.0117 e. The molecule has 0 spiro atoms. The number of nitrogens with zero attached hydrogens (tertiary/aromatic N) is 1. The number of nitrogens with one attached hydrogen (secondary N) is 1. The molecular formula is C17H34N2. The van der Waals surface area contributed by atoms with Crippen molar-refractivity contribution in [2.75, 3.05) is 26.2 Å². The Hall–Kier alpha value is -0.0800. The maximum Gasteiger partial charge on any atom is 0.0117 e. The molecule has 112 valence electrons. The van der Waals surface area contributed by atoms with Crippen molar-refractivity contribution in [2.24, 2.45) is 17.8 Å². The lowest BCUT2D eigenvalue weighted by molar-refractivity contribution is 0.101. The fourth-order valence-electron chi connectivity index (χ4n) is 4.03. The monoisotopic (exact) mass is 266 g/mol. The van der Waals surface area contributed by atoms with Crippen molar-refractivity contribution in [1.29, 1.82) is 0 Å². The molecule has 2 rings (SSSR count). The summed E-state index contributed by atoms with van der Waals surface area (Å²) in [6.45, 7) is 12.4. The summed E-state index contributed by atoms with van der Waals surface area (Å²) in [5.74, 6) is 2.75. The van der Waals surface area contributed by atoms with E-state index >= 15 is 0 Å². The van der Waals surface area contributed by atoms with Crippen LogP contribution in [0.15, 0.2) is 0 Å². The van der Waals surface area contributed by atoms with E-state index in [1.807, 2.05) is 0 Å². The van der Waals surface area contributed by atoms with Gasteiger partial charge >= 0.3 is 0 Å². The molecular weight excluding hydrogens is 232 g/mol. The zero-order valence-electron chi connectivity index (χ0n) is 13.3. The third kappa shape index (κ3) is 4.46. The molecule has 2 fully saturated rings. The second-order valence-corrected chi connectivity index (χ2v) is 7.11. The van der Waals surface area contributed by atoms with Crippen LogP contribution in [0.5, 0.6) is 0 Å². The molecule has 4 atom stereocenters. The van der Waals surface area contributed by atoms with E-state index in [1.165, 1.54) is 64.7 Å². The van der Waals surface area contributed by atoms with E-state index in [-0.39, 0.29) is 0 Å². The molecule has 2 heteroatoms. The van der Waals surface area contributed by atoms with Gasteiger partial charge in [0.25, 0.3) is 0 Å². The third-order valence-corrected chi connectivity index (χ3v) is 5.43. The van der Waals surface area contributed by atoms with Gasteiger partial charge in [0, 0.05) is 19.1 Å². The molecule has 2 nitrogen and oxygen atoms in total. The van der Waals surface area contributed by atoms with Gasteiger partial charge in [-0.1, -0.05) is 40.0 Å². The molecule has 19 heavy (non-hydrogen) atoms. The number of piperidine rings is 1. The van der Waals surface area contributed by atoms with Crippen LogP contribution in [-0.4, -0.2) is 37.1 Å². The van der Waals surface area contributed by atoms with Crippen LogP contribution in [-0.2, 0) is 0 Å². The van der Waals surface area contributed by atoms with Crippen LogP contribution in [0.3, 0.4) is 0 Å². The highest BCUT2D eigenvalue weighted by Gasteiger charge is 2.29. The maximum absolute atomic E-state index is 3.73. The van der Waals surface area contributed by atoms with Gasteiger partial charge in [0.05, 0.1) is 0 Å². The van der Waals surface area contributed by atoms with Crippen molar-refractivity contribution in [2.45, 2.75) is 65.3 Å². The Kier molecular flexibility index (Phi) is 6.15. The van der Waals surface area contributed by atoms with Crippen molar-refractivity contribution in [3.63, 3.8) is 0 Å². The number of rotatable bonds is 5. The SMILES string of the molecule is CCCNC1CCN(CC2CCCCC2C)CC1C. The normalized spacial score (nSPS) is 37.4. The second-order valence-electron chi connectivity index (χ2n) is 7.11. The first-order chi connectivity index (χ1) is 9.20. The highest BCUT2D eigenvalue weighted by Crippen LogP contribution is 2.31. The molecule has 1 heterocycles. The van der Waals surface area contributed by atoms with Gasteiger partial charge in [-0.05, 0) is 50.1 Å². The average Bonchev–Trinajstić information content (AvgIpc) is 2.40. The Balaban J connectivity index is 1.74. The number of hydrogen-bond donors (Lipinski definition) is 1. The van der Waals surface area contributed by atoms with Crippen molar-refractivity contribution in [3.05, 3.63) is 0 Å². The molecule has 1 saturated carbocycles. The zero-order valence-corrected chi connectivity index (χ0v) is 13.3. The van der Waals surface area contributed by atoms with Crippen molar-refractivity contribution < 1.29 is 0 Å². The topological polar surface area (TPSA) is 15.3 Å². The first kappa shape index (κ1) is 15.3. The van der Waals surface area contributed by atoms with Crippen LogP contribution in [0, 0.1) is 17.8 Å². The van der Waals surface area contributed by atoms with Gasteiger partial charge in [0.15, 0.2) is 0 Å². The van der Waals surface area contributed by atoms with E-state index in [0.29, 0.717) is 0 Å². The Morgan fingerprint density at radius 3 is 2.53 bits per heavy atom.